The first kappa shape index (κ1) is 14.0. The van der Waals surface area contributed by atoms with Crippen LogP contribution in [0, 0.1) is 0 Å². The molecule has 6 heteroatoms. The first-order chi connectivity index (χ1) is 9.50. The molecule has 1 fully saturated rings. The van der Waals surface area contributed by atoms with Gasteiger partial charge in [-0.05, 0) is 31.0 Å². The maximum atomic E-state index is 12.1. The largest absolute Gasteiger partial charge is 0.497 e. The Kier molecular flexibility index (Phi) is 3.74. The molecule has 20 heavy (non-hydrogen) atoms. The van der Waals surface area contributed by atoms with E-state index in [1.54, 1.807) is 26.2 Å². The van der Waals surface area contributed by atoms with Gasteiger partial charge < -0.3 is 10.1 Å². The zero-order valence-electron chi connectivity index (χ0n) is 11.7. The zero-order valence-corrected chi connectivity index (χ0v) is 11.7. The molecule has 106 valence electrons. The smallest absolute Gasteiger partial charge is 0.346 e. The number of nitrogens with one attached hydrogen (secondary N) is 1. The minimum atomic E-state index is -0.872. The molecule has 3 amide bonds. The summed E-state index contributed by atoms with van der Waals surface area (Å²) in [6.45, 7) is 3.53. The number of hydrogen-bond donors (Lipinski definition) is 1. The Morgan fingerprint density at radius 2 is 2.20 bits per heavy atom. The summed E-state index contributed by atoms with van der Waals surface area (Å²) in [5.41, 5.74) is -0.127. The Hall–Kier alpha value is -2.37. The molecule has 0 radical (unpaired) electrons. The molecule has 1 heterocycles. The molecule has 1 aliphatic heterocycles. The van der Waals surface area contributed by atoms with Crippen LogP contribution in [0.2, 0.25) is 0 Å². The predicted octanol–water partition coefficient (Wildman–Crippen LogP) is 1.75. The summed E-state index contributed by atoms with van der Waals surface area (Å²) in [4.78, 5) is 23.9. The van der Waals surface area contributed by atoms with Crippen molar-refractivity contribution in [2.45, 2.75) is 25.8 Å². The van der Waals surface area contributed by atoms with Gasteiger partial charge in [-0.1, -0.05) is 19.1 Å². The maximum Gasteiger partial charge on any atom is 0.346 e. The summed E-state index contributed by atoms with van der Waals surface area (Å²) >= 11 is 0. The number of benzene rings is 1. The monoisotopic (exact) mass is 275 g/mol. The van der Waals surface area contributed by atoms with E-state index < -0.39 is 11.6 Å². The fourth-order valence-corrected chi connectivity index (χ4v) is 1.86. The van der Waals surface area contributed by atoms with Crippen molar-refractivity contribution in [3.63, 3.8) is 0 Å². The van der Waals surface area contributed by atoms with Crippen LogP contribution in [0.3, 0.4) is 0 Å². The molecule has 2 rings (SSSR count). The van der Waals surface area contributed by atoms with Gasteiger partial charge in [0.2, 0.25) is 0 Å². The van der Waals surface area contributed by atoms with Gasteiger partial charge in [-0.3, -0.25) is 4.79 Å². The standard InChI is InChI=1S/C14H17N3O3/c1-4-14(2)12(18)17(13(19)16-14)15-9-10-6-5-7-11(8-10)20-3/h5-9H,4H2,1-3H3,(H,16,19)/b15-9-/t14-/m0/s1. The van der Waals surface area contributed by atoms with E-state index in [0.717, 1.165) is 10.6 Å². The summed E-state index contributed by atoms with van der Waals surface area (Å²) in [6, 6.07) is 6.69. The van der Waals surface area contributed by atoms with Gasteiger partial charge in [0.25, 0.3) is 5.91 Å². The highest BCUT2D eigenvalue weighted by atomic mass is 16.5. The van der Waals surface area contributed by atoms with E-state index in [4.69, 9.17) is 4.74 Å². The van der Waals surface area contributed by atoms with Crippen molar-refractivity contribution in [1.29, 1.82) is 0 Å². The van der Waals surface area contributed by atoms with Gasteiger partial charge in [-0.15, -0.1) is 5.01 Å². The minimum absolute atomic E-state index is 0.343. The van der Waals surface area contributed by atoms with Crippen LogP contribution >= 0.6 is 0 Å². The number of ether oxygens (including phenoxy) is 1. The number of nitrogens with zero attached hydrogens (tertiary/aromatic N) is 2. The van der Waals surface area contributed by atoms with Gasteiger partial charge in [-0.25, -0.2) is 4.79 Å². The molecule has 1 atom stereocenters. The quantitative estimate of drug-likeness (QED) is 0.672. The Morgan fingerprint density at radius 1 is 1.45 bits per heavy atom. The van der Waals surface area contributed by atoms with Gasteiger partial charge in [-0.2, -0.15) is 5.10 Å². The lowest BCUT2D eigenvalue weighted by Gasteiger charge is -2.17. The van der Waals surface area contributed by atoms with Crippen molar-refractivity contribution in [2.75, 3.05) is 7.11 Å². The highest BCUT2D eigenvalue weighted by molar-refractivity contribution is 6.07. The lowest BCUT2D eigenvalue weighted by Crippen LogP contribution is -2.42. The number of hydrogen-bond acceptors (Lipinski definition) is 4. The van der Waals surface area contributed by atoms with Crippen LogP contribution in [-0.4, -0.2) is 35.8 Å². The summed E-state index contributed by atoms with van der Waals surface area (Å²) in [6.07, 6.45) is 1.98. The second kappa shape index (κ2) is 5.32. The molecular formula is C14H17N3O3. The molecule has 1 N–H and O–H groups in total. The van der Waals surface area contributed by atoms with Crippen LogP contribution in [0.5, 0.6) is 5.75 Å². The third-order valence-corrected chi connectivity index (χ3v) is 3.36. The highest BCUT2D eigenvalue weighted by Crippen LogP contribution is 2.21. The van der Waals surface area contributed by atoms with E-state index in [1.165, 1.54) is 6.21 Å². The first-order valence-corrected chi connectivity index (χ1v) is 6.35. The van der Waals surface area contributed by atoms with E-state index in [2.05, 4.69) is 10.4 Å². The molecule has 1 saturated heterocycles. The fourth-order valence-electron chi connectivity index (χ4n) is 1.86. The number of carbonyl (C=O) groups is 2. The van der Waals surface area contributed by atoms with Crippen LogP contribution in [0.25, 0.3) is 0 Å². The lowest BCUT2D eigenvalue weighted by molar-refractivity contribution is -0.130. The van der Waals surface area contributed by atoms with Crippen LogP contribution in [-0.2, 0) is 4.79 Å². The lowest BCUT2D eigenvalue weighted by atomic mass is 10.00. The van der Waals surface area contributed by atoms with Crippen LogP contribution < -0.4 is 10.1 Å². The molecule has 1 aliphatic rings. The predicted molar refractivity (Wildman–Crippen MR) is 74.7 cm³/mol. The molecule has 0 bridgehead atoms. The van der Waals surface area contributed by atoms with Gasteiger partial charge in [0.15, 0.2) is 0 Å². The van der Waals surface area contributed by atoms with Crippen molar-refractivity contribution in [3.8, 4) is 5.75 Å². The normalized spacial score (nSPS) is 22.4. The molecule has 1 aromatic rings. The van der Waals surface area contributed by atoms with Crippen molar-refractivity contribution in [3.05, 3.63) is 29.8 Å². The van der Waals surface area contributed by atoms with Crippen LogP contribution in [0.1, 0.15) is 25.8 Å². The van der Waals surface area contributed by atoms with Crippen LogP contribution in [0.4, 0.5) is 4.79 Å². The molecule has 0 aromatic heterocycles. The van der Waals surface area contributed by atoms with Gasteiger partial charge in [0.05, 0.1) is 13.3 Å². The van der Waals surface area contributed by atoms with Crippen molar-refractivity contribution in [2.24, 2.45) is 5.10 Å². The first-order valence-electron chi connectivity index (χ1n) is 6.35. The van der Waals surface area contributed by atoms with E-state index in [-0.39, 0.29) is 5.91 Å². The number of amides is 3. The fraction of sp³-hybridized carbons (Fsp3) is 0.357. The Balaban J connectivity index is 2.19. The number of imide groups is 1. The molecule has 0 saturated carbocycles. The Bertz CT molecular complexity index is 571. The number of carbonyl (C=O) groups excluding carboxylic acids is 2. The molecule has 6 nitrogen and oxygen atoms in total. The topological polar surface area (TPSA) is 71.0 Å². The number of hydrazone groups is 1. The summed E-state index contributed by atoms with van der Waals surface area (Å²) in [7, 11) is 1.57. The van der Waals surface area contributed by atoms with Crippen molar-refractivity contribution >= 4 is 18.2 Å². The summed E-state index contributed by atoms with van der Waals surface area (Å²) in [5.74, 6) is 0.341. The molecule has 0 aliphatic carbocycles. The van der Waals surface area contributed by atoms with E-state index in [0.29, 0.717) is 12.2 Å². The third kappa shape index (κ3) is 2.49. The van der Waals surface area contributed by atoms with E-state index >= 15 is 0 Å². The van der Waals surface area contributed by atoms with Crippen LogP contribution in [0.15, 0.2) is 29.4 Å². The van der Waals surface area contributed by atoms with E-state index in [9.17, 15) is 9.59 Å². The van der Waals surface area contributed by atoms with Gasteiger partial charge in [0.1, 0.15) is 11.3 Å². The molecule has 0 spiro atoms. The Morgan fingerprint density at radius 3 is 2.80 bits per heavy atom. The summed E-state index contributed by atoms with van der Waals surface area (Å²) in [5, 5.41) is 7.47. The summed E-state index contributed by atoms with van der Waals surface area (Å²) < 4.78 is 5.10. The SMILES string of the molecule is CC[C@]1(C)NC(=O)N(/N=C\c2cccc(OC)c2)C1=O. The molecule has 1 aromatic carbocycles. The highest BCUT2D eigenvalue weighted by Gasteiger charge is 2.46. The molecular weight excluding hydrogens is 258 g/mol. The van der Waals surface area contributed by atoms with Crippen molar-refractivity contribution < 1.29 is 14.3 Å². The number of rotatable bonds is 4. The zero-order chi connectivity index (χ0) is 14.8. The average Bonchev–Trinajstić information content (AvgIpc) is 2.68. The third-order valence-electron chi connectivity index (χ3n) is 3.36. The minimum Gasteiger partial charge on any atom is -0.497 e. The number of methoxy groups -OCH3 is 1. The van der Waals surface area contributed by atoms with Gasteiger partial charge in [0, 0.05) is 0 Å². The second-order valence-corrected chi connectivity index (χ2v) is 4.75. The Labute approximate surface area is 117 Å². The van der Waals surface area contributed by atoms with E-state index in [1.807, 2.05) is 19.1 Å². The average molecular weight is 275 g/mol. The van der Waals surface area contributed by atoms with Gasteiger partial charge >= 0.3 is 6.03 Å². The molecule has 0 unspecified atom stereocenters. The number of urea groups is 1. The van der Waals surface area contributed by atoms with Crippen molar-refractivity contribution in [1.82, 2.24) is 10.3 Å². The second-order valence-electron chi connectivity index (χ2n) is 4.75. The maximum absolute atomic E-state index is 12.1.